The van der Waals surface area contributed by atoms with Crippen LogP contribution >= 0.6 is 0 Å². The molecule has 0 saturated carbocycles. The summed E-state index contributed by atoms with van der Waals surface area (Å²) in [6, 6.07) is 0. The van der Waals surface area contributed by atoms with Gasteiger partial charge in [-0.25, -0.2) is 0 Å². The third-order valence-electron chi connectivity index (χ3n) is 3.07. The summed E-state index contributed by atoms with van der Waals surface area (Å²) in [4.78, 5) is 0. The molecule has 0 atom stereocenters. The molecule has 0 bridgehead atoms. The van der Waals surface area contributed by atoms with Crippen LogP contribution in [0.4, 0.5) is 0 Å². The fourth-order valence-corrected chi connectivity index (χ4v) is 1.91. The van der Waals surface area contributed by atoms with E-state index in [1.54, 1.807) is 0 Å². The molecule has 2 heterocycles. The SMILES string of the molecule is NC12C(O)(OC(O)(O)C1(O)O)OC(O)(O)C2(O)O. The van der Waals surface area contributed by atoms with Gasteiger partial charge in [0.2, 0.25) is 5.54 Å². The average molecular weight is 273 g/mol. The molecule has 11 N–H and O–H groups in total. The Morgan fingerprint density at radius 3 is 1.11 bits per heavy atom. The van der Waals surface area contributed by atoms with Crippen LogP contribution in [0, 0.1) is 0 Å². The summed E-state index contributed by atoms with van der Waals surface area (Å²) in [6.45, 7) is 0. The summed E-state index contributed by atoms with van der Waals surface area (Å²) in [5, 5.41) is 83.6. The fraction of sp³-hybridized carbons (Fsp3) is 1.00. The van der Waals surface area contributed by atoms with Gasteiger partial charge < -0.3 is 51.7 Å². The second-order valence-electron chi connectivity index (χ2n) is 4.15. The maximum Gasteiger partial charge on any atom is 0.342 e. The quantitative estimate of drug-likeness (QED) is 0.186. The van der Waals surface area contributed by atoms with Gasteiger partial charge in [-0.1, -0.05) is 0 Å². The van der Waals surface area contributed by atoms with Gasteiger partial charge in [0.25, 0.3) is 11.6 Å². The van der Waals surface area contributed by atoms with Crippen molar-refractivity contribution in [3.63, 3.8) is 0 Å². The Bertz CT molecular complexity index is 370. The molecule has 0 aliphatic carbocycles. The molecule has 2 aliphatic heterocycles. The number of ether oxygens (including phenoxy) is 2. The Kier molecular flexibility index (Phi) is 2.19. The smallest absolute Gasteiger partial charge is 0.342 e. The Morgan fingerprint density at radius 2 is 0.889 bits per heavy atom. The van der Waals surface area contributed by atoms with Crippen LogP contribution in [-0.2, 0) is 9.47 Å². The molecule has 12 heteroatoms. The molecule has 0 aromatic heterocycles. The van der Waals surface area contributed by atoms with E-state index in [2.05, 4.69) is 9.47 Å². The third kappa shape index (κ3) is 1.02. The maximum absolute atomic E-state index is 9.58. The molecule has 0 aromatic carbocycles. The second-order valence-corrected chi connectivity index (χ2v) is 4.15. The van der Waals surface area contributed by atoms with Crippen molar-refractivity contribution in [2.24, 2.45) is 5.73 Å². The molecule has 2 rings (SSSR count). The zero-order chi connectivity index (χ0) is 14.4. The van der Waals surface area contributed by atoms with E-state index in [0.29, 0.717) is 0 Å². The first kappa shape index (κ1) is 13.9. The number of fused-ring (bicyclic) bond motifs is 1. The molecule has 0 spiro atoms. The van der Waals surface area contributed by atoms with E-state index in [1.165, 1.54) is 0 Å². The van der Waals surface area contributed by atoms with Crippen molar-refractivity contribution < 1.29 is 55.4 Å². The summed E-state index contributed by atoms with van der Waals surface area (Å²) < 4.78 is 7.66. The van der Waals surface area contributed by atoms with Crippen LogP contribution in [0.15, 0.2) is 0 Å². The van der Waals surface area contributed by atoms with Gasteiger partial charge in [0.05, 0.1) is 0 Å². The van der Waals surface area contributed by atoms with Gasteiger partial charge in [0.1, 0.15) is 0 Å². The summed E-state index contributed by atoms with van der Waals surface area (Å²) in [6.07, 6.45) is 0. The average Bonchev–Trinajstić information content (AvgIpc) is 2.27. The first-order chi connectivity index (χ1) is 7.66. The van der Waals surface area contributed by atoms with E-state index in [4.69, 9.17) is 26.2 Å². The molecule has 0 aromatic rings. The third-order valence-corrected chi connectivity index (χ3v) is 3.07. The van der Waals surface area contributed by atoms with E-state index in [1.807, 2.05) is 0 Å². The molecule has 0 amide bonds. The Hall–Kier alpha value is -0.480. The lowest BCUT2D eigenvalue weighted by Gasteiger charge is -2.41. The summed E-state index contributed by atoms with van der Waals surface area (Å²) >= 11 is 0. The highest BCUT2D eigenvalue weighted by atomic mass is 17.0. The van der Waals surface area contributed by atoms with Crippen molar-refractivity contribution in [2.75, 3.05) is 0 Å². The number of nitrogens with two attached hydrogens (primary N) is 1. The van der Waals surface area contributed by atoms with Crippen LogP contribution in [0.25, 0.3) is 0 Å². The van der Waals surface area contributed by atoms with Gasteiger partial charge in [-0.3, -0.25) is 9.47 Å². The predicted octanol–water partition coefficient (Wildman–Crippen LogP) is -6.97. The molecular formula is C6H11NO11. The van der Waals surface area contributed by atoms with Gasteiger partial charge in [-0.05, 0) is 0 Å². The number of hydrogen-bond donors (Lipinski definition) is 10. The number of rotatable bonds is 0. The maximum atomic E-state index is 9.58. The lowest BCUT2D eigenvalue weighted by Crippen LogP contribution is -2.81. The van der Waals surface area contributed by atoms with Gasteiger partial charge in [0, 0.05) is 0 Å². The van der Waals surface area contributed by atoms with Gasteiger partial charge in [0.15, 0.2) is 0 Å². The monoisotopic (exact) mass is 273 g/mol. The lowest BCUT2D eigenvalue weighted by molar-refractivity contribution is -0.529. The molecule has 106 valence electrons. The molecule has 12 nitrogen and oxygen atoms in total. The van der Waals surface area contributed by atoms with E-state index in [9.17, 15) is 25.5 Å². The van der Waals surface area contributed by atoms with E-state index in [-0.39, 0.29) is 0 Å². The zero-order valence-electron chi connectivity index (χ0n) is 8.42. The van der Waals surface area contributed by atoms with Crippen LogP contribution in [0.1, 0.15) is 0 Å². The van der Waals surface area contributed by atoms with Gasteiger partial charge in [-0.15, -0.1) is 0 Å². The second kappa shape index (κ2) is 2.83. The topological polar surface area (TPSA) is 227 Å². The Labute approximate surface area is 97.3 Å². The molecule has 2 aliphatic rings. The number of hydrogen-bond acceptors (Lipinski definition) is 12. The zero-order valence-corrected chi connectivity index (χ0v) is 8.42. The van der Waals surface area contributed by atoms with Crippen molar-refractivity contribution in [1.29, 1.82) is 0 Å². The molecule has 0 radical (unpaired) electrons. The van der Waals surface area contributed by atoms with Crippen molar-refractivity contribution in [3.05, 3.63) is 0 Å². The van der Waals surface area contributed by atoms with Gasteiger partial charge in [-0.2, -0.15) is 0 Å². The Balaban J connectivity index is 2.72. The highest BCUT2D eigenvalue weighted by Gasteiger charge is 2.95. The van der Waals surface area contributed by atoms with Crippen molar-refractivity contribution in [1.82, 2.24) is 0 Å². The number of aliphatic hydroxyl groups is 9. The van der Waals surface area contributed by atoms with E-state index >= 15 is 0 Å². The molecule has 0 unspecified atom stereocenters. The van der Waals surface area contributed by atoms with Crippen LogP contribution < -0.4 is 5.73 Å². The summed E-state index contributed by atoms with van der Waals surface area (Å²) in [5.74, 6) is -20.0. The van der Waals surface area contributed by atoms with E-state index in [0.717, 1.165) is 0 Å². The van der Waals surface area contributed by atoms with Crippen molar-refractivity contribution in [2.45, 2.75) is 35.0 Å². The Morgan fingerprint density at radius 1 is 0.611 bits per heavy atom. The van der Waals surface area contributed by atoms with Crippen LogP contribution in [0.2, 0.25) is 0 Å². The summed E-state index contributed by atoms with van der Waals surface area (Å²) in [7, 11) is 0. The van der Waals surface area contributed by atoms with E-state index < -0.39 is 35.0 Å². The highest BCUT2D eigenvalue weighted by Crippen LogP contribution is 2.59. The fourth-order valence-electron chi connectivity index (χ4n) is 1.91. The molecule has 18 heavy (non-hydrogen) atoms. The first-order valence-electron chi connectivity index (χ1n) is 4.37. The minimum atomic E-state index is -4.15. The van der Waals surface area contributed by atoms with Crippen molar-refractivity contribution >= 4 is 0 Å². The first-order valence-corrected chi connectivity index (χ1v) is 4.37. The molecular weight excluding hydrogens is 262 g/mol. The lowest BCUT2D eigenvalue weighted by atomic mass is 9.80. The molecule has 2 saturated heterocycles. The van der Waals surface area contributed by atoms with Crippen LogP contribution in [0.5, 0.6) is 0 Å². The van der Waals surface area contributed by atoms with Crippen LogP contribution in [-0.4, -0.2) is 81.0 Å². The van der Waals surface area contributed by atoms with Crippen molar-refractivity contribution in [3.8, 4) is 0 Å². The largest absolute Gasteiger partial charge is 0.358 e. The minimum Gasteiger partial charge on any atom is -0.358 e. The molecule has 2 fully saturated rings. The highest BCUT2D eigenvalue weighted by molar-refractivity contribution is 5.24. The standard InChI is InChI=1S/C6H11NO11/c7-1-2(8,9)4(12,13)17-6(1,16)18-5(14,15)3(1,10)11/h8-16H,7H2. The summed E-state index contributed by atoms with van der Waals surface area (Å²) in [5.41, 5.74) is 1.30. The van der Waals surface area contributed by atoms with Gasteiger partial charge >= 0.3 is 17.9 Å². The predicted molar refractivity (Wildman–Crippen MR) is 42.7 cm³/mol. The normalized spacial score (nSPS) is 47.0. The van der Waals surface area contributed by atoms with Crippen LogP contribution in [0.3, 0.4) is 0 Å². The minimum absolute atomic E-state index is 3.74.